The Balaban J connectivity index is 2.14. The fourth-order valence-corrected chi connectivity index (χ4v) is 2.37. The van der Waals surface area contributed by atoms with Crippen molar-refractivity contribution in [2.45, 2.75) is 36.0 Å². The number of nitrogens with zero attached hydrogens (tertiary/aromatic N) is 1. The molecule has 1 aromatic heterocycles. The van der Waals surface area contributed by atoms with E-state index in [2.05, 4.69) is 50.0 Å². The highest BCUT2D eigenvalue weighted by atomic mass is 32.2. The molecule has 1 nitrogen and oxygen atoms in total. The molecule has 1 heterocycles. The van der Waals surface area contributed by atoms with Crippen molar-refractivity contribution >= 4 is 11.8 Å². The number of aromatic nitrogens is 1. The number of hydrogen-bond acceptors (Lipinski definition) is 2. The molecule has 0 unspecified atom stereocenters. The van der Waals surface area contributed by atoms with Gasteiger partial charge in [0.1, 0.15) is 0 Å². The zero-order valence-corrected chi connectivity index (χ0v) is 11.3. The molecule has 0 aliphatic heterocycles. The molecule has 2 heteroatoms. The van der Waals surface area contributed by atoms with E-state index in [1.807, 2.05) is 24.5 Å². The number of pyridine rings is 1. The minimum atomic E-state index is 0.222. The lowest BCUT2D eigenvalue weighted by atomic mass is 9.87. The first-order valence-corrected chi connectivity index (χ1v) is 6.56. The smallest absolute Gasteiger partial charge is 0.0279 e. The molecule has 0 bridgehead atoms. The summed E-state index contributed by atoms with van der Waals surface area (Å²) in [6.07, 6.45) is 3.65. The summed E-state index contributed by atoms with van der Waals surface area (Å²) in [6.45, 7) is 6.70. The Morgan fingerprint density at radius 3 is 1.88 bits per heavy atom. The molecule has 2 rings (SSSR count). The minimum absolute atomic E-state index is 0.222. The summed E-state index contributed by atoms with van der Waals surface area (Å²) in [4.78, 5) is 6.51. The average Bonchev–Trinajstić information content (AvgIpc) is 2.30. The Kier molecular flexibility index (Phi) is 3.53. The van der Waals surface area contributed by atoms with Crippen LogP contribution in [-0.4, -0.2) is 4.98 Å². The van der Waals surface area contributed by atoms with Gasteiger partial charge in [-0.3, -0.25) is 4.98 Å². The summed E-state index contributed by atoms with van der Waals surface area (Å²) < 4.78 is 0. The number of rotatable bonds is 2. The Hall–Kier alpha value is -1.28. The van der Waals surface area contributed by atoms with E-state index in [9.17, 15) is 0 Å². The van der Waals surface area contributed by atoms with Gasteiger partial charge in [0, 0.05) is 22.2 Å². The summed E-state index contributed by atoms with van der Waals surface area (Å²) >= 11 is 1.77. The van der Waals surface area contributed by atoms with Crippen molar-refractivity contribution in [1.29, 1.82) is 0 Å². The first kappa shape index (κ1) is 12.2. The zero-order valence-electron chi connectivity index (χ0n) is 10.5. The lowest BCUT2D eigenvalue weighted by molar-refractivity contribution is 0.590. The van der Waals surface area contributed by atoms with E-state index in [0.717, 1.165) is 0 Å². The maximum absolute atomic E-state index is 4.02. The van der Waals surface area contributed by atoms with Crippen LogP contribution in [0.4, 0.5) is 0 Å². The van der Waals surface area contributed by atoms with E-state index < -0.39 is 0 Å². The highest BCUT2D eigenvalue weighted by Crippen LogP contribution is 2.29. The fraction of sp³-hybridized carbons (Fsp3) is 0.267. The Labute approximate surface area is 107 Å². The summed E-state index contributed by atoms with van der Waals surface area (Å²) in [5, 5.41) is 0. The molecule has 0 aliphatic rings. The van der Waals surface area contributed by atoms with Gasteiger partial charge >= 0.3 is 0 Å². The van der Waals surface area contributed by atoms with E-state index in [1.165, 1.54) is 15.4 Å². The van der Waals surface area contributed by atoms with Crippen LogP contribution in [0.5, 0.6) is 0 Å². The average molecular weight is 243 g/mol. The normalized spacial score (nSPS) is 11.5. The number of benzene rings is 1. The first-order chi connectivity index (χ1) is 8.05. The largest absolute Gasteiger partial charge is 0.265 e. The molecule has 88 valence electrons. The molecule has 17 heavy (non-hydrogen) atoms. The molecule has 0 amide bonds. The van der Waals surface area contributed by atoms with Crippen LogP contribution in [0.25, 0.3) is 0 Å². The zero-order chi connectivity index (χ0) is 12.3. The van der Waals surface area contributed by atoms with Crippen molar-refractivity contribution in [2.75, 3.05) is 0 Å². The van der Waals surface area contributed by atoms with Crippen molar-refractivity contribution in [3.63, 3.8) is 0 Å². The third-order valence-electron chi connectivity index (χ3n) is 2.61. The van der Waals surface area contributed by atoms with Crippen LogP contribution in [0.2, 0.25) is 0 Å². The van der Waals surface area contributed by atoms with E-state index >= 15 is 0 Å². The van der Waals surface area contributed by atoms with Crippen molar-refractivity contribution in [3.05, 3.63) is 54.4 Å². The summed E-state index contributed by atoms with van der Waals surface area (Å²) in [5.74, 6) is 0. The van der Waals surface area contributed by atoms with E-state index in [1.54, 1.807) is 11.8 Å². The second kappa shape index (κ2) is 4.92. The van der Waals surface area contributed by atoms with E-state index in [0.29, 0.717) is 0 Å². The van der Waals surface area contributed by atoms with Gasteiger partial charge in [-0.1, -0.05) is 44.7 Å². The third-order valence-corrected chi connectivity index (χ3v) is 3.62. The van der Waals surface area contributed by atoms with E-state index in [-0.39, 0.29) is 5.41 Å². The molecule has 0 aliphatic carbocycles. The van der Waals surface area contributed by atoms with Crippen molar-refractivity contribution in [2.24, 2.45) is 0 Å². The highest BCUT2D eigenvalue weighted by Gasteiger charge is 2.12. The van der Waals surface area contributed by atoms with Gasteiger partial charge in [-0.2, -0.15) is 0 Å². The molecule has 0 saturated heterocycles. The Morgan fingerprint density at radius 1 is 0.824 bits per heavy atom. The molecule has 1 aromatic carbocycles. The van der Waals surface area contributed by atoms with Gasteiger partial charge in [-0.05, 0) is 35.2 Å². The predicted molar refractivity (Wildman–Crippen MR) is 73.5 cm³/mol. The van der Waals surface area contributed by atoms with Crippen LogP contribution < -0.4 is 0 Å². The van der Waals surface area contributed by atoms with Crippen LogP contribution in [0.15, 0.2) is 58.6 Å². The summed E-state index contributed by atoms with van der Waals surface area (Å²) in [6, 6.07) is 12.9. The number of hydrogen-bond donors (Lipinski definition) is 0. The maximum atomic E-state index is 4.02. The van der Waals surface area contributed by atoms with Gasteiger partial charge in [0.05, 0.1) is 0 Å². The Morgan fingerprint density at radius 2 is 1.35 bits per heavy atom. The van der Waals surface area contributed by atoms with Gasteiger partial charge in [0.2, 0.25) is 0 Å². The Bertz CT molecular complexity index is 469. The molecular weight excluding hydrogens is 226 g/mol. The lowest BCUT2D eigenvalue weighted by Gasteiger charge is -2.19. The quantitative estimate of drug-likeness (QED) is 0.768. The minimum Gasteiger partial charge on any atom is -0.265 e. The SMILES string of the molecule is CC(C)(C)c1ccc(Sc2ccncc2)cc1. The second-order valence-corrected chi connectivity index (χ2v) is 6.21. The molecule has 0 spiro atoms. The molecule has 2 aromatic rings. The first-order valence-electron chi connectivity index (χ1n) is 5.74. The van der Waals surface area contributed by atoms with Crippen LogP contribution in [0.3, 0.4) is 0 Å². The van der Waals surface area contributed by atoms with Crippen molar-refractivity contribution in [3.8, 4) is 0 Å². The molecular formula is C15H17NS. The van der Waals surface area contributed by atoms with Gasteiger partial charge in [-0.15, -0.1) is 0 Å². The molecule has 0 atom stereocenters. The maximum Gasteiger partial charge on any atom is 0.0279 e. The standard InChI is InChI=1S/C15H17NS/c1-15(2,3)12-4-6-13(7-5-12)17-14-8-10-16-11-9-14/h4-11H,1-3H3. The van der Waals surface area contributed by atoms with E-state index in [4.69, 9.17) is 0 Å². The van der Waals surface area contributed by atoms with Crippen molar-refractivity contribution in [1.82, 2.24) is 4.98 Å². The monoisotopic (exact) mass is 243 g/mol. The van der Waals surface area contributed by atoms with Gasteiger partial charge in [-0.25, -0.2) is 0 Å². The van der Waals surface area contributed by atoms with Gasteiger partial charge in [0.25, 0.3) is 0 Å². The van der Waals surface area contributed by atoms with Gasteiger partial charge in [0.15, 0.2) is 0 Å². The predicted octanol–water partition coefficient (Wildman–Crippen LogP) is 4.53. The van der Waals surface area contributed by atoms with Crippen LogP contribution in [0, 0.1) is 0 Å². The van der Waals surface area contributed by atoms with Crippen molar-refractivity contribution < 1.29 is 0 Å². The lowest BCUT2D eigenvalue weighted by Crippen LogP contribution is -2.10. The topological polar surface area (TPSA) is 12.9 Å². The molecule has 0 fully saturated rings. The summed E-state index contributed by atoms with van der Waals surface area (Å²) in [7, 11) is 0. The molecule has 0 saturated carbocycles. The van der Waals surface area contributed by atoms with Gasteiger partial charge < -0.3 is 0 Å². The molecule has 0 radical (unpaired) electrons. The van der Waals surface area contributed by atoms with Crippen LogP contribution >= 0.6 is 11.8 Å². The summed E-state index contributed by atoms with van der Waals surface area (Å²) in [5.41, 5.74) is 1.59. The highest BCUT2D eigenvalue weighted by molar-refractivity contribution is 7.99. The van der Waals surface area contributed by atoms with Crippen LogP contribution in [0.1, 0.15) is 26.3 Å². The second-order valence-electron chi connectivity index (χ2n) is 5.06. The third kappa shape index (κ3) is 3.34. The molecule has 0 N–H and O–H groups in total. The van der Waals surface area contributed by atoms with Crippen LogP contribution in [-0.2, 0) is 5.41 Å². The fourth-order valence-electron chi connectivity index (χ4n) is 1.57.